The minimum Gasteiger partial charge on any atom is -0.327 e. The van der Waals surface area contributed by atoms with E-state index in [0.29, 0.717) is 0 Å². The molecule has 1 aromatic heterocycles. The minimum absolute atomic E-state index is 0.225. The zero-order valence-electron chi connectivity index (χ0n) is 12.4. The van der Waals surface area contributed by atoms with Crippen molar-refractivity contribution in [2.24, 2.45) is 5.73 Å². The van der Waals surface area contributed by atoms with E-state index in [2.05, 4.69) is 77.4 Å². The smallest absolute Gasteiger partial charge is 0.0662 e. The van der Waals surface area contributed by atoms with Gasteiger partial charge in [0.05, 0.1) is 12.2 Å². The summed E-state index contributed by atoms with van der Waals surface area (Å²) in [6, 6.07) is 8.82. The molecule has 0 aliphatic rings. The quantitative estimate of drug-likeness (QED) is 0.804. The molecule has 0 bridgehead atoms. The highest BCUT2D eigenvalue weighted by atomic mass is 127. The van der Waals surface area contributed by atoms with Crippen molar-refractivity contribution in [2.45, 2.75) is 46.2 Å². The maximum Gasteiger partial charge on any atom is 0.0662 e. The van der Waals surface area contributed by atoms with Crippen LogP contribution in [0.15, 0.2) is 24.3 Å². The molecule has 4 heteroatoms. The zero-order valence-corrected chi connectivity index (χ0v) is 14.5. The Kier molecular flexibility index (Phi) is 5.21. The lowest BCUT2D eigenvalue weighted by Gasteiger charge is -2.09. The zero-order chi connectivity index (χ0) is 14.7. The molecular formula is C16H22IN3. The molecule has 2 N–H and O–H groups in total. The Balaban J connectivity index is 2.21. The van der Waals surface area contributed by atoms with Crippen molar-refractivity contribution in [1.29, 1.82) is 0 Å². The second-order valence-electron chi connectivity index (χ2n) is 5.31. The van der Waals surface area contributed by atoms with Gasteiger partial charge < -0.3 is 5.73 Å². The van der Waals surface area contributed by atoms with Gasteiger partial charge in [-0.15, -0.1) is 0 Å². The van der Waals surface area contributed by atoms with Gasteiger partial charge in [0.1, 0.15) is 0 Å². The van der Waals surface area contributed by atoms with E-state index < -0.39 is 0 Å². The maximum atomic E-state index is 6.08. The van der Waals surface area contributed by atoms with E-state index in [1.807, 2.05) is 0 Å². The summed E-state index contributed by atoms with van der Waals surface area (Å²) < 4.78 is 3.35. The van der Waals surface area contributed by atoms with Crippen LogP contribution in [-0.2, 0) is 13.0 Å². The third kappa shape index (κ3) is 3.61. The van der Waals surface area contributed by atoms with Crippen LogP contribution in [-0.4, -0.2) is 15.8 Å². The van der Waals surface area contributed by atoms with Gasteiger partial charge in [-0.2, -0.15) is 5.10 Å². The summed E-state index contributed by atoms with van der Waals surface area (Å²) in [6.45, 7) is 7.18. The van der Waals surface area contributed by atoms with Gasteiger partial charge in [-0.05, 0) is 72.5 Å². The third-order valence-corrected chi connectivity index (χ3v) is 4.49. The summed E-state index contributed by atoms with van der Waals surface area (Å²) in [7, 11) is 0. The van der Waals surface area contributed by atoms with Gasteiger partial charge in [-0.3, -0.25) is 4.68 Å². The monoisotopic (exact) mass is 383 g/mol. The summed E-state index contributed by atoms with van der Waals surface area (Å²) >= 11 is 2.32. The predicted molar refractivity (Wildman–Crippen MR) is 91.9 cm³/mol. The molecule has 1 unspecified atom stereocenters. The molecular weight excluding hydrogens is 361 g/mol. The van der Waals surface area contributed by atoms with Crippen molar-refractivity contribution in [3.63, 3.8) is 0 Å². The largest absolute Gasteiger partial charge is 0.327 e. The van der Waals surface area contributed by atoms with Crippen molar-refractivity contribution in [2.75, 3.05) is 0 Å². The van der Waals surface area contributed by atoms with Crippen LogP contribution in [0.5, 0.6) is 0 Å². The van der Waals surface area contributed by atoms with E-state index in [1.165, 1.54) is 20.4 Å². The van der Waals surface area contributed by atoms with Crippen molar-refractivity contribution in [3.05, 3.63) is 50.4 Å². The molecule has 0 fully saturated rings. The van der Waals surface area contributed by atoms with Crippen molar-refractivity contribution >= 4 is 22.6 Å². The molecule has 20 heavy (non-hydrogen) atoms. The van der Waals surface area contributed by atoms with Crippen LogP contribution in [0.4, 0.5) is 0 Å². The van der Waals surface area contributed by atoms with E-state index in [0.717, 1.165) is 25.1 Å². The molecule has 0 saturated heterocycles. The first kappa shape index (κ1) is 15.5. The molecule has 1 atom stereocenters. The van der Waals surface area contributed by atoms with Crippen LogP contribution in [0.3, 0.4) is 0 Å². The lowest BCUT2D eigenvalue weighted by Crippen LogP contribution is -2.22. The lowest BCUT2D eigenvalue weighted by atomic mass is 10.0. The highest BCUT2D eigenvalue weighted by Crippen LogP contribution is 2.17. The summed E-state index contributed by atoms with van der Waals surface area (Å²) in [4.78, 5) is 0. The van der Waals surface area contributed by atoms with Gasteiger partial charge in [-0.25, -0.2) is 0 Å². The molecule has 0 saturated carbocycles. The first-order valence-corrected chi connectivity index (χ1v) is 8.12. The molecule has 1 heterocycles. The number of rotatable bonds is 5. The Morgan fingerprint density at radius 2 is 1.90 bits per heavy atom. The number of nitrogens with two attached hydrogens (primary N) is 1. The van der Waals surface area contributed by atoms with Crippen molar-refractivity contribution in [1.82, 2.24) is 9.78 Å². The fraction of sp³-hybridized carbons (Fsp3) is 0.438. The molecule has 2 rings (SSSR count). The molecule has 0 amide bonds. The van der Waals surface area contributed by atoms with Crippen LogP contribution in [0.25, 0.3) is 0 Å². The summed E-state index contributed by atoms with van der Waals surface area (Å²) in [6.07, 6.45) is 1.92. The van der Waals surface area contributed by atoms with E-state index in [1.54, 1.807) is 0 Å². The topological polar surface area (TPSA) is 43.8 Å². The molecule has 3 nitrogen and oxygen atoms in total. The van der Waals surface area contributed by atoms with Crippen LogP contribution in [0, 0.1) is 17.4 Å². The first-order valence-electron chi connectivity index (χ1n) is 7.04. The van der Waals surface area contributed by atoms with Gasteiger partial charge in [0.25, 0.3) is 0 Å². The average molecular weight is 383 g/mol. The fourth-order valence-electron chi connectivity index (χ4n) is 2.35. The Bertz CT molecular complexity index is 572. The Morgan fingerprint density at radius 3 is 2.50 bits per heavy atom. The summed E-state index contributed by atoms with van der Waals surface area (Å²) in [5.41, 5.74) is 11.0. The van der Waals surface area contributed by atoms with Gasteiger partial charge in [-0.1, -0.05) is 19.1 Å². The van der Waals surface area contributed by atoms with E-state index in [-0.39, 0.29) is 6.04 Å². The Labute approximate surface area is 134 Å². The van der Waals surface area contributed by atoms with E-state index >= 15 is 0 Å². The number of benzene rings is 1. The van der Waals surface area contributed by atoms with E-state index in [9.17, 15) is 0 Å². The van der Waals surface area contributed by atoms with Crippen LogP contribution in [0.2, 0.25) is 0 Å². The molecule has 0 spiro atoms. The van der Waals surface area contributed by atoms with Gasteiger partial charge >= 0.3 is 0 Å². The summed E-state index contributed by atoms with van der Waals surface area (Å²) in [5.74, 6) is 0. The molecule has 0 radical (unpaired) electrons. The predicted octanol–water partition coefficient (Wildman–Crippen LogP) is 3.43. The molecule has 1 aromatic carbocycles. The second kappa shape index (κ2) is 6.72. The van der Waals surface area contributed by atoms with Crippen molar-refractivity contribution < 1.29 is 0 Å². The normalized spacial score (nSPS) is 12.7. The van der Waals surface area contributed by atoms with Crippen LogP contribution < -0.4 is 5.73 Å². The maximum absolute atomic E-state index is 6.08. The number of hydrogen-bond acceptors (Lipinski definition) is 2. The van der Waals surface area contributed by atoms with Crippen LogP contribution in [0.1, 0.15) is 35.9 Å². The SMILES string of the molecule is CCC(N)Cc1c(C)nn(Cc2ccc(I)cc2)c1C. The molecule has 0 aliphatic heterocycles. The molecule has 0 aliphatic carbocycles. The number of aromatic nitrogens is 2. The van der Waals surface area contributed by atoms with E-state index in [4.69, 9.17) is 5.73 Å². The number of halogens is 1. The molecule has 2 aromatic rings. The standard InChI is InChI=1S/C16H22IN3/c1-4-15(18)9-16-11(2)19-20(12(16)3)10-13-5-7-14(17)8-6-13/h5-8,15H,4,9-10,18H2,1-3H3. The molecule has 108 valence electrons. The first-order chi connectivity index (χ1) is 9.51. The average Bonchev–Trinajstić information content (AvgIpc) is 2.69. The number of nitrogens with zero attached hydrogens (tertiary/aromatic N) is 2. The lowest BCUT2D eigenvalue weighted by molar-refractivity contribution is 0.636. The van der Waals surface area contributed by atoms with Crippen LogP contribution >= 0.6 is 22.6 Å². The number of hydrogen-bond donors (Lipinski definition) is 1. The highest BCUT2D eigenvalue weighted by molar-refractivity contribution is 14.1. The minimum atomic E-state index is 0.225. The second-order valence-corrected chi connectivity index (χ2v) is 6.55. The van der Waals surface area contributed by atoms with Crippen molar-refractivity contribution in [3.8, 4) is 0 Å². The highest BCUT2D eigenvalue weighted by Gasteiger charge is 2.14. The van der Waals surface area contributed by atoms with Gasteiger partial charge in [0, 0.05) is 15.3 Å². The third-order valence-electron chi connectivity index (χ3n) is 3.77. The van der Waals surface area contributed by atoms with Gasteiger partial charge in [0.2, 0.25) is 0 Å². The Hall–Kier alpha value is -0.880. The Morgan fingerprint density at radius 1 is 1.25 bits per heavy atom. The summed E-state index contributed by atoms with van der Waals surface area (Å²) in [5, 5.41) is 4.67. The number of aryl methyl sites for hydroxylation is 1. The fourth-order valence-corrected chi connectivity index (χ4v) is 2.71. The van der Waals surface area contributed by atoms with Gasteiger partial charge in [0.15, 0.2) is 0 Å².